The summed E-state index contributed by atoms with van der Waals surface area (Å²) in [5, 5.41) is 25.4. The first-order valence-electron chi connectivity index (χ1n) is 19.6. The molecule has 0 unspecified atom stereocenters. The zero-order valence-corrected chi connectivity index (χ0v) is 31.3. The van der Waals surface area contributed by atoms with Crippen LogP contribution in [0.2, 0.25) is 0 Å². The molecule has 0 aliphatic rings. The fourth-order valence-electron chi connectivity index (χ4n) is 11.4. The number of benzene rings is 12. The fourth-order valence-corrected chi connectivity index (χ4v) is 11.4. The fraction of sp³-hybridized carbons (Fsp3) is 0.0370. The third kappa shape index (κ3) is 3.35. The van der Waals surface area contributed by atoms with Gasteiger partial charge in [0.25, 0.3) is 0 Å². The molecule has 14 rings (SSSR count). The summed E-state index contributed by atoms with van der Waals surface area (Å²) in [5.74, 6) is 1.47. The molecule has 0 amide bonds. The normalized spacial score (nSPS) is 12.8. The average Bonchev–Trinajstić information content (AvgIpc) is 3.83. The smallest absolute Gasteiger partial charge is 0.150 e. The highest BCUT2D eigenvalue weighted by Crippen LogP contribution is 2.57. The molecule has 0 aliphatic carbocycles. The van der Waals surface area contributed by atoms with Gasteiger partial charge in [0.1, 0.15) is 11.5 Å². The summed E-state index contributed by atoms with van der Waals surface area (Å²) in [5.41, 5.74) is 4.39. The number of rotatable bonds is 6. The highest BCUT2D eigenvalue weighted by Gasteiger charge is 2.29. The van der Waals surface area contributed by atoms with Crippen LogP contribution in [0.1, 0.15) is 20.7 Å². The van der Waals surface area contributed by atoms with Crippen LogP contribution in [-0.2, 0) is 0 Å². The zero-order chi connectivity index (χ0) is 38.3. The van der Waals surface area contributed by atoms with Gasteiger partial charge in [0.2, 0.25) is 0 Å². The zero-order valence-electron chi connectivity index (χ0n) is 31.3. The molecule has 268 valence electrons. The van der Waals surface area contributed by atoms with Crippen LogP contribution < -0.4 is 9.47 Å². The van der Waals surface area contributed by atoms with E-state index >= 15 is 0 Å². The SMILES string of the molecule is COc1c(-c2cc3cc(C=O)c(-c4c(OC)c5ccc6ccc7ccc8ccc4c4c8c7c6c54)cc3cc2C=O)c2ccc3ccc4ccc5ccc1c1c5c4c3c21. The van der Waals surface area contributed by atoms with E-state index in [9.17, 15) is 9.59 Å². The molecule has 0 atom stereocenters. The summed E-state index contributed by atoms with van der Waals surface area (Å²) < 4.78 is 12.7. The van der Waals surface area contributed by atoms with E-state index < -0.39 is 0 Å². The molecule has 0 fully saturated rings. The monoisotopic (exact) mass is 740 g/mol. The Morgan fingerprint density at radius 1 is 0.328 bits per heavy atom. The quantitative estimate of drug-likeness (QED) is 0.126. The van der Waals surface area contributed by atoms with Gasteiger partial charge in [-0.2, -0.15) is 0 Å². The van der Waals surface area contributed by atoms with Crippen molar-refractivity contribution in [2.24, 2.45) is 0 Å². The number of methoxy groups -OCH3 is 2. The second-order valence-corrected chi connectivity index (χ2v) is 16.1. The van der Waals surface area contributed by atoms with Gasteiger partial charge in [-0.1, -0.05) is 84.9 Å². The number of hydrogen-bond donors (Lipinski definition) is 0. The second kappa shape index (κ2) is 10.2. The molecule has 14 aromatic carbocycles. The summed E-state index contributed by atoms with van der Waals surface area (Å²) in [4.78, 5) is 26.6. The molecular formula is C54H28O4. The van der Waals surface area contributed by atoms with E-state index in [0.29, 0.717) is 11.1 Å². The largest absolute Gasteiger partial charge is 0.495 e. The summed E-state index contributed by atoms with van der Waals surface area (Å²) in [6.07, 6.45) is 1.89. The van der Waals surface area contributed by atoms with Crippen molar-refractivity contribution in [3.63, 3.8) is 0 Å². The van der Waals surface area contributed by atoms with Crippen molar-refractivity contribution >= 4 is 131 Å². The maximum atomic E-state index is 13.3. The van der Waals surface area contributed by atoms with Crippen LogP contribution in [0, 0.1) is 0 Å². The minimum atomic E-state index is 0.548. The first-order valence-corrected chi connectivity index (χ1v) is 19.6. The van der Waals surface area contributed by atoms with Crippen molar-refractivity contribution in [3.8, 4) is 33.8 Å². The Balaban J connectivity index is 1.08. The van der Waals surface area contributed by atoms with Gasteiger partial charge in [0.15, 0.2) is 12.6 Å². The van der Waals surface area contributed by atoms with Gasteiger partial charge in [-0.3, -0.25) is 9.59 Å². The minimum absolute atomic E-state index is 0.548. The van der Waals surface area contributed by atoms with Crippen LogP contribution in [0.5, 0.6) is 11.5 Å². The van der Waals surface area contributed by atoms with Crippen molar-refractivity contribution in [1.29, 1.82) is 0 Å². The summed E-state index contributed by atoms with van der Waals surface area (Å²) in [7, 11) is 3.43. The van der Waals surface area contributed by atoms with E-state index in [1.807, 2.05) is 12.1 Å². The van der Waals surface area contributed by atoms with Gasteiger partial charge in [-0.15, -0.1) is 0 Å². The highest BCUT2D eigenvalue weighted by molar-refractivity contribution is 6.48. The molecule has 14 aromatic rings. The lowest BCUT2D eigenvalue weighted by molar-refractivity contribution is 0.111. The molecule has 58 heavy (non-hydrogen) atoms. The Hall–Kier alpha value is -7.56. The summed E-state index contributed by atoms with van der Waals surface area (Å²) in [6, 6.07) is 43.1. The molecule has 0 aliphatic heterocycles. The first kappa shape index (κ1) is 30.6. The average molecular weight is 741 g/mol. The molecular weight excluding hydrogens is 713 g/mol. The summed E-state index contributed by atoms with van der Waals surface area (Å²) in [6.45, 7) is 0. The third-order valence-corrected chi connectivity index (χ3v) is 13.7. The Bertz CT molecular complexity index is 3800. The number of carbonyl (C=O) groups excluding carboxylic acids is 2. The maximum absolute atomic E-state index is 13.3. The lowest BCUT2D eigenvalue weighted by atomic mass is 9.85. The van der Waals surface area contributed by atoms with Crippen molar-refractivity contribution < 1.29 is 19.1 Å². The Kier molecular flexibility index (Phi) is 5.41. The van der Waals surface area contributed by atoms with Crippen LogP contribution in [0.15, 0.2) is 121 Å². The number of hydrogen-bond acceptors (Lipinski definition) is 4. The third-order valence-electron chi connectivity index (χ3n) is 13.7. The van der Waals surface area contributed by atoms with Crippen LogP contribution in [-0.4, -0.2) is 26.8 Å². The van der Waals surface area contributed by atoms with Gasteiger partial charge < -0.3 is 9.47 Å². The predicted octanol–water partition coefficient (Wildman–Crippen LogP) is 14.0. The molecule has 4 nitrogen and oxygen atoms in total. The van der Waals surface area contributed by atoms with Gasteiger partial charge in [-0.25, -0.2) is 0 Å². The van der Waals surface area contributed by atoms with E-state index in [0.717, 1.165) is 78.6 Å². The van der Waals surface area contributed by atoms with Crippen LogP contribution in [0.4, 0.5) is 0 Å². The standard InChI is InChI=1S/C54H28O4/c1-57-53-37-17-13-29-9-5-25-3-7-27-11-15-35(49-43(27)41(25)45(29)51(37)49)47(53)39-21-31-20-34(24-56)40(22-32(31)19-33(39)23-55)48-36-16-12-28-8-4-26-6-10-30-14-18-38(54(48)58-2)52-46(30)42(26)44(28)50(36)52/h3-24H,1-2H3. The number of ether oxygens (including phenoxy) is 2. The number of aldehydes is 2. The van der Waals surface area contributed by atoms with Crippen LogP contribution in [0.3, 0.4) is 0 Å². The Morgan fingerprint density at radius 2 is 0.603 bits per heavy atom. The number of carbonyl (C=O) groups is 2. The summed E-state index contributed by atoms with van der Waals surface area (Å²) >= 11 is 0. The molecule has 0 bridgehead atoms. The van der Waals surface area contributed by atoms with Crippen molar-refractivity contribution in [3.05, 3.63) is 132 Å². The molecule has 0 N–H and O–H groups in total. The van der Waals surface area contributed by atoms with Crippen molar-refractivity contribution in [2.45, 2.75) is 0 Å². The Labute approximate surface area is 329 Å². The maximum Gasteiger partial charge on any atom is 0.150 e. The van der Waals surface area contributed by atoms with Gasteiger partial charge in [0, 0.05) is 43.8 Å². The molecule has 0 saturated heterocycles. The van der Waals surface area contributed by atoms with Crippen molar-refractivity contribution in [1.82, 2.24) is 0 Å². The van der Waals surface area contributed by atoms with E-state index in [-0.39, 0.29) is 0 Å². The van der Waals surface area contributed by atoms with E-state index in [1.165, 1.54) is 86.2 Å². The van der Waals surface area contributed by atoms with Crippen molar-refractivity contribution in [2.75, 3.05) is 14.2 Å². The van der Waals surface area contributed by atoms with Gasteiger partial charge in [-0.05, 0) is 144 Å². The van der Waals surface area contributed by atoms with Gasteiger partial charge >= 0.3 is 0 Å². The lowest BCUT2D eigenvalue weighted by Gasteiger charge is -2.20. The lowest BCUT2D eigenvalue weighted by Crippen LogP contribution is -1.98. The van der Waals surface area contributed by atoms with E-state index in [4.69, 9.17) is 9.47 Å². The van der Waals surface area contributed by atoms with Crippen LogP contribution in [0.25, 0.3) is 141 Å². The second-order valence-electron chi connectivity index (χ2n) is 16.1. The molecule has 0 saturated carbocycles. The molecule has 4 heteroatoms. The van der Waals surface area contributed by atoms with E-state index in [1.54, 1.807) is 14.2 Å². The van der Waals surface area contributed by atoms with Gasteiger partial charge in [0.05, 0.1) is 14.2 Å². The highest BCUT2D eigenvalue weighted by atomic mass is 16.5. The number of fused-ring (bicyclic) bond motifs is 1. The Morgan fingerprint density at radius 3 is 0.914 bits per heavy atom. The molecule has 0 heterocycles. The van der Waals surface area contributed by atoms with Crippen LogP contribution >= 0.6 is 0 Å². The molecule has 0 spiro atoms. The first-order chi connectivity index (χ1) is 28.6. The minimum Gasteiger partial charge on any atom is -0.495 e. The predicted molar refractivity (Wildman–Crippen MR) is 241 cm³/mol. The van der Waals surface area contributed by atoms with E-state index in [2.05, 4.69) is 109 Å². The topological polar surface area (TPSA) is 52.6 Å². The molecule has 0 radical (unpaired) electrons. The molecule has 0 aromatic heterocycles.